The zero-order chi connectivity index (χ0) is 18.5. The second-order valence-electron chi connectivity index (χ2n) is 5.55. The summed E-state index contributed by atoms with van der Waals surface area (Å²) in [6.45, 7) is 5.48. The summed E-state index contributed by atoms with van der Waals surface area (Å²) in [7, 11) is 3.67. The molecule has 1 fully saturated rings. The molecule has 0 spiro atoms. The molecule has 0 saturated carbocycles. The van der Waals surface area contributed by atoms with Crippen LogP contribution in [-0.2, 0) is 4.74 Å². The van der Waals surface area contributed by atoms with Crippen molar-refractivity contribution in [2.75, 3.05) is 62.1 Å². The molecule has 140 valence electrons. The number of ether oxygens (including phenoxy) is 1. The minimum Gasteiger partial charge on any atom is -0.378 e. The number of nitrogens with one attached hydrogen (secondary N) is 1. The van der Waals surface area contributed by atoms with Crippen molar-refractivity contribution in [1.29, 1.82) is 0 Å². The second kappa shape index (κ2) is 8.60. The normalized spacial score (nSPS) is 14.4. The first kappa shape index (κ1) is 18.8. The standard InChI is InChI=1S/C14H20ClN9OS/c1-4-16-10-19-12(24-5-7-25-8-6-24)22-14(20-10)26-13-18-9(15)17-11(21-13)23(2)3/h4-8H2,1-3H3,(H,16,19,20,22). The first-order chi connectivity index (χ1) is 12.5. The molecule has 1 aliphatic heterocycles. The van der Waals surface area contributed by atoms with Crippen LogP contribution in [0.2, 0.25) is 5.28 Å². The van der Waals surface area contributed by atoms with Gasteiger partial charge in [0.2, 0.25) is 33.4 Å². The van der Waals surface area contributed by atoms with E-state index in [1.165, 1.54) is 11.8 Å². The lowest BCUT2D eigenvalue weighted by atomic mass is 10.4. The lowest BCUT2D eigenvalue weighted by Gasteiger charge is -2.27. The number of anilines is 3. The van der Waals surface area contributed by atoms with Crippen molar-refractivity contribution in [3.63, 3.8) is 0 Å². The summed E-state index contributed by atoms with van der Waals surface area (Å²) >= 11 is 7.22. The van der Waals surface area contributed by atoms with Crippen molar-refractivity contribution < 1.29 is 4.74 Å². The Hall–Kier alpha value is -1.98. The fourth-order valence-corrected chi connectivity index (χ4v) is 3.07. The average Bonchev–Trinajstić information content (AvgIpc) is 2.62. The highest BCUT2D eigenvalue weighted by atomic mass is 35.5. The van der Waals surface area contributed by atoms with Gasteiger partial charge in [0.05, 0.1) is 13.2 Å². The SMILES string of the molecule is CCNc1nc(Sc2nc(Cl)nc(N(C)C)n2)nc(N2CCOCC2)n1. The molecule has 0 atom stereocenters. The third kappa shape index (κ3) is 4.80. The van der Waals surface area contributed by atoms with Gasteiger partial charge in [-0.3, -0.25) is 0 Å². The minimum absolute atomic E-state index is 0.126. The molecule has 0 unspecified atom stereocenters. The van der Waals surface area contributed by atoms with E-state index in [1.54, 1.807) is 4.90 Å². The zero-order valence-corrected chi connectivity index (χ0v) is 16.4. The van der Waals surface area contributed by atoms with E-state index in [-0.39, 0.29) is 5.28 Å². The van der Waals surface area contributed by atoms with Gasteiger partial charge in [-0.1, -0.05) is 0 Å². The molecule has 0 bridgehead atoms. The van der Waals surface area contributed by atoms with Crippen LogP contribution in [0.15, 0.2) is 10.3 Å². The number of halogens is 1. The molecule has 1 saturated heterocycles. The van der Waals surface area contributed by atoms with Crippen LogP contribution in [0.25, 0.3) is 0 Å². The van der Waals surface area contributed by atoms with Gasteiger partial charge < -0.3 is 19.9 Å². The highest BCUT2D eigenvalue weighted by Gasteiger charge is 2.18. The number of aromatic nitrogens is 6. The van der Waals surface area contributed by atoms with Gasteiger partial charge in [-0.15, -0.1) is 0 Å². The van der Waals surface area contributed by atoms with Crippen LogP contribution in [0, 0.1) is 0 Å². The highest BCUT2D eigenvalue weighted by Crippen LogP contribution is 2.26. The Labute approximate surface area is 160 Å². The van der Waals surface area contributed by atoms with E-state index in [0.29, 0.717) is 47.9 Å². The molecule has 12 heteroatoms. The Morgan fingerprint density at radius 2 is 1.81 bits per heavy atom. The Kier molecular flexibility index (Phi) is 6.22. The molecule has 2 aromatic rings. The Balaban J connectivity index is 1.89. The van der Waals surface area contributed by atoms with Crippen molar-refractivity contribution in [3.05, 3.63) is 5.28 Å². The smallest absolute Gasteiger partial charge is 0.231 e. The van der Waals surface area contributed by atoms with Gasteiger partial charge in [0.15, 0.2) is 0 Å². The van der Waals surface area contributed by atoms with Crippen LogP contribution in [0.4, 0.5) is 17.8 Å². The molecule has 0 aliphatic carbocycles. The lowest BCUT2D eigenvalue weighted by Crippen LogP contribution is -2.37. The minimum atomic E-state index is 0.126. The third-order valence-corrected chi connectivity index (χ3v) is 4.29. The Morgan fingerprint density at radius 3 is 2.50 bits per heavy atom. The van der Waals surface area contributed by atoms with Gasteiger partial charge >= 0.3 is 0 Å². The molecule has 2 aromatic heterocycles. The molecular formula is C14H20ClN9OS. The summed E-state index contributed by atoms with van der Waals surface area (Å²) in [6, 6.07) is 0. The maximum Gasteiger partial charge on any atom is 0.231 e. The molecule has 10 nitrogen and oxygen atoms in total. The number of hydrogen-bond acceptors (Lipinski definition) is 11. The van der Waals surface area contributed by atoms with Crippen LogP contribution in [-0.4, -0.2) is 76.8 Å². The number of nitrogens with zero attached hydrogens (tertiary/aromatic N) is 8. The van der Waals surface area contributed by atoms with Crippen LogP contribution in [0.3, 0.4) is 0 Å². The number of rotatable bonds is 6. The van der Waals surface area contributed by atoms with Crippen LogP contribution in [0.5, 0.6) is 0 Å². The second-order valence-corrected chi connectivity index (χ2v) is 6.83. The molecule has 0 amide bonds. The Bertz CT molecular complexity index is 757. The van der Waals surface area contributed by atoms with Gasteiger partial charge in [-0.05, 0) is 30.3 Å². The van der Waals surface area contributed by atoms with Gasteiger partial charge in [0.25, 0.3) is 0 Å². The number of morpholine rings is 1. The average molecular weight is 398 g/mol. The molecule has 3 rings (SSSR count). The van der Waals surface area contributed by atoms with Crippen molar-refractivity contribution in [1.82, 2.24) is 29.9 Å². The summed E-state index contributed by atoms with van der Waals surface area (Å²) in [5.41, 5.74) is 0. The van der Waals surface area contributed by atoms with Crippen molar-refractivity contribution >= 4 is 41.2 Å². The predicted octanol–water partition coefficient (Wildman–Crippen LogP) is 1.20. The van der Waals surface area contributed by atoms with E-state index >= 15 is 0 Å². The molecular weight excluding hydrogens is 378 g/mol. The molecule has 1 N–H and O–H groups in total. The van der Waals surface area contributed by atoms with Gasteiger partial charge in [0.1, 0.15) is 0 Å². The monoisotopic (exact) mass is 397 g/mol. The molecule has 26 heavy (non-hydrogen) atoms. The summed E-state index contributed by atoms with van der Waals surface area (Å²) in [5.74, 6) is 1.59. The lowest BCUT2D eigenvalue weighted by molar-refractivity contribution is 0.122. The summed E-state index contributed by atoms with van der Waals surface area (Å²) in [6.07, 6.45) is 0. The quantitative estimate of drug-likeness (QED) is 0.759. The van der Waals surface area contributed by atoms with Gasteiger partial charge in [0, 0.05) is 33.7 Å². The highest BCUT2D eigenvalue weighted by molar-refractivity contribution is 7.99. The van der Waals surface area contributed by atoms with E-state index in [0.717, 1.165) is 13.1 Å². The fourth-order valence-electron chi connectivity index (χ4n) is 2.18. The predicted molar refractivity (Wildman–Crippen MR) is 100 cm³/mol. The van der Waals surface area contributed by atoms with Crippen LogP contribution in [0.1, 0.15) is 6.92 Å². The first-order valence-electron chi connectivity index (χ1n) is 8.14. The van der Waals surface area contributed by atoms with Crippen molar-refractivity contribution in [3.8, 4) is 0 Å². The molecule has 0 aromatic carbocycles. The van der Waals surface area contributed by atoms with E-state index in [9.17, 15) is 0 Å². The van der Waals surface area contributed by atoms with E-state index in [2.05, 4.69) is 40.1 Å². The van der Waals surface area contributed by atoms with Gasteiger partial charge in [-0.25, -0.2) is 0 Å². The largest absolute Gasteiger partial charge is 0.378 e. The summed E-state index contributed by atoms with van der Waals surface area (Å²) in [4.78, 5) is 29.9. The molecule has 0 radical (unpaired) electrons. The maximum absolute atomic E-state index is 6.00. The summed E-state index contributed by atoms with van der Waals surface area (Å²) in [5, 5.41) is 4.18. The summed E-state index contributed by atoms with van der Waals surface area (Å²) < 4.78 is 5.39. The van der Waals surface area contributed by atoms with Gasteiger partial charge in [-0.2, -0.15) is 29.9 Å². The molecule has 3 heterocycles. The van der Waals surface area contributed by atoms with E-state index in [4.69, 9.17) is 16.3 Å². The van der Waals surface area contributed by atoms with E-state index < -0.39 is 0 Å². The zero-order valence-electron chi connectivity index (χ0n) is 14.8. The maximum atomic E-state index is 6.00. The van der Waals surface area contributed by atoms with Crippen molar-refractivity contribution in [2.24, 2.45) is 0 Å². The first-order valence-corrected chi connectivity index (χ1v) is 9.34. The number of hydrogen-bond donors (Lipinski definition) is 1. The third-order valence-electron chi connectivity index (χ3n) is 3.39. The molecule has 1 aliphatic rings. The topological polar surface area (TPSA) is 105 Å². The van der Waals surface area contributed by atoms with E-state index in [1.807, 2.05) is 21.0 Å². The van der Waals surface area contributed by atoms with Crippen molar-refractivity contribution in [2.45, 2.75) is 17.2 Å². The fraction of sp³-hybridized carbons (Fsp3) is 0.571. The Morgan fingerprint density at radius 1 is 1.08 bits per heavy atom. The van der Waals surface area contributed by atoms with Crippen LogP contribution >= 0.6 is 23.4 Å². The van der Waals surface area contributed by atoms with Crippen LogP contribution < -0.4 is 15.1 Å².